The topological polar surface area (TPSA) is 0 Å². The molecule has 0 N–H and O–H groups in total. The van der Waals surface area contributed by atoms with Gasteiger partial charge in [0.05, 0.1) is 0 Å². The molecule has 0 radical (unpaired) electrons. The minimum Gasteiger partial charge on any atom is -0.358 e. The average Bonchev–Trinajstić information content (AvgIpc) is 3.04. The second-order valence-corrected chi connectivity index (χ2v) is 5.28. The van der Waals surface area contributed by atoms with Gasteiger partial charge in [0.1, 0.15) is 0 Å². The molecule has 0 aliphatic rings. The summed E-state index contributed by atoms with van der Waals surface area (Å²) >= 11 is 0. The summed E-state index contributed by atoms with van der Waals surface area (Å²) in [4.78, 5) is 0. The first-order valence-corrected chi connectivity index (χ1v) is 7.22. The molecule has 0 aromatic heterocycles. The van der Waals surface area contributed by atoms with Crippen molar-refractivity contribution in [3.63, 3.8) is 0 Å². The van der Waals surface area contributed by atoms with Crippen LogP contribution in [0, 0.1) is 14.9 Å². The number of hydrogen-bond donors (Lipinski definition) is 0. The number of rotatable bonds is 2. The summed E-state index contributed by atoms with van der Waals surface area (Å²) in [5, 5.41) is 2.63. The molecule has 0 aliphatic carbocycles. The van der Waals surface area contributed by atoms with Crippen LogP contribution in [-0.2, 0) is 25.8 Å². The van der Waals surface area contributed by atoms with Crippen LogP contribution in [0.5, 0.6) is 0 Å². The van der Waals surface area contributed by atoms with Gasteiger partial charge in [-0.05, 0) is 16.7 Å². The molecule has 0 spiro atoms. The molecule has 4 aromatic rings. The van der Waals surface area contributed by atoms with E-state index in [0.29, 0.717) is 0 Å². The summed E-state index contributed by atoms with van der Waals surface area (Å²) in [7, 11) is 0. The molecule has 0 amide bonds. The first-order valence-electron chi connectivity index (χ1n) is 7.22. The molecule has 24 heavy (non-hydrogen) atoms. The Balaban J connectivity index is 0.000000960. The van der Waals surface area contributed by atoms with Crippen LogP contribution < -0.4 is 0 Å². The maximum absolute atomic E-state index is 2.21. The van der Waals surface area contributed by atoms with E-state index in [2.05, 4.69) is 84.9 Å². The molecule has 0 fully saturated rings. The molecule has 120 valence electrons. The van der Waals surface area contributed by atoms with Crippen molar-refractivity contribution in [3.8, 4) is 22.3 Å². The number of fused-ring (bicyclic) bond motifs is 1. The van der Waals surface area contributed by atoms with Gasteiger partial charge in [-0.3, -0.25) is 0 Å². The molecular formula is C23H21Hf-3. The third kappa shape index (κ3) is 3.79. The van der Waals surface area contributed by atoms with Gasteiger partial charge in [0.25, 0.3) is 0 Å². The van der Waals surface area contributed by atoms with Crippen LogP contribution >= 0.6 is 0 Å². The third-order valence-electron chi connectivity index (χ3n) is 3.98. The fourth-order valence-corrected chi connectivity index (χ4v) is 2.89. The zero-order chi connectivity index (χ0) is 14.1. The van der Waals surface area contributed by atoms with E-state index in [-0.39, 0.29) is 40.7 Å². The van der Waals surface area contributed by atoms with Gasteiger partial charge in [0.2, 0.25) is 0 Å². The van der Waals surface area contributed by atoms with E-state index in [1.807, 2.05) is 6.07 Å². The summed E-state index contributed by atoms with van der Waals surface area (Å²) in [5.41, 5.74) is 5.09. The second kappa shape index (κ2) is 8.84. The molecule has 4 rings (SSSR count). The van der Waals surface area contributed by atoms with Crippen LogP contribution in [0.4, 0.5) is 0 Å². The van der Waals surface area contributed by atoms with E-state index in [0.717, 1.165) is 0 Å². The fourth-order valence-electron chi connectivity index (χ4n) is 2.89. The molecule has 0 saturated heterocycles. The molecule has 0 unspecified atom stereocenters. The predicted molar refractivity (Wildman–Crippen MR) is 103 cm³/mol. The summed E-state index contributed by atoms with van der Waals surface area (Å²) in [6.07, 6.45) is 0. The average molecular weight is 476 g/mol. The van der Waals surface area contributed by atoms with E-state index < -0.39 is 0 Å². The van der Waals surface area contributed by atoms with Crippen LogP contribution in [0.1, 0.15) is 0 Å². The van der Waals surface area contributed by atoms with Crippen molar-refractivity contribution in [3.05, 3.63) is 106 Å². The van der Waals surface area contributed by atoms with E-state index >= 15 is 0 Å². The molecule has 0 bridgehead atoms. The zero-order valence-corrected chi connectivity index (χ0v) is 17.8. The monoisotopic (exact) mass is 477 g/mol. The van der Waals surface area contributed by atoms with Crippen molar-refractivity contribution in [1.82, 2.24) is 0 Å². The molecule has 4 aromatic carbocycles. The molecule has 0 saturated carbocycles. The second-order valence-electron chi connectivity index (χ2n) is 5.28. The summed E-state index contributed by atoms with van der Waals surface area (Å²) in [6.45, 7) is 0. The van der Waals surface area contributed by atoms with E-state index in [1.165, 1.54) is 33.0 Å². The quantitative estimate of drug-likeness (QED) is 0.221. The molecule has 1 heteroatoms. The van der Waals surface area contributed by atoms with Gasteiger partial charge in [0, 0.05) is 25.8 Å². The molecule has 0 atom stereocenters. The van der Waals surface area contributed by atoms with E-state index in [9.17, 15) is 0 Å². The Morgan fingerprint density at radius 3 is 1.88 bits per heavy atom. The first kappa shape index (κ1) is 20.2. The van der Waals surface area contributed by atoms with Gasteiger partial charge in [0.15, 0.2) is 0 Å². The van der Waals surface area contributed by atoms with Crippen molar-refractivity contribution in [1.29, 1.82) is 0 Å². The zero-order valence-electron chi connectivity index (χ0n) is 14.2. The first-order chi connectivity index (χ1) is 10.4. The van der Waals surface area contributed by atoms with Crippen molar-refractivity contribution in [2.24, 2.45) is 0 Å². The van der Waals surface area contributed by atoms with Crippen LogP contribution in [0.15, 0.2) is 91.0 Å². The van der Waals surface area contributed by atoms with Crippen molar-refractivity contribution >= 4 is 10.8 Å². The third-order valence-corrected chi connectivity index (χ3v) is 3.98. The Bertz CT molecular complexity index is 871. The Morgan fingerprint density at radius 1 is 0.542 bits per heavy atom. The van der Waals surface area contributed by atoms with Crippen LogP contribution in [-0.4, -0.2) is 0 Å². The maximum Gasteiger partial charge on any atom is 0 e. The van der Waals surface area contributed by atoms with Gasteiger partial charge < -0.3 is 14.9 Å². The normalized spacial score (nSPS) is 9.50. The van der Waals surface area contributed by atoms with Gasteiger partial charge in [-0.15, -0.1) is 29.0 Å². The van der Waals surface area contributed by atoms with Gasteiger partial charge >= 0.3 is 0 Å². The SMILES string of the molecule is [CH3-].[CH3-].[Hf].c1ccc(-c2ccc(-c3cccc4[cH-]ccc34)cc2)cc1. The molecule has 0 heterocycles. The standard InChI is InChI=1S/C21H15.2CH3.Hf/c1-2-6-16(7-3-1)17-12-14-19(15-13-17)21-11-5-9-18-8-4-10-20(18)21;;;/h1-15H;2*1H3;/q3*-1;. The fraction of sp³-hybridized carbons (Fsp3) is 0. The van der Waals surface area contributed by atoms with Crippen LogP contribution in [0.2, 0.25) is 0 Å². The van der Waals surface area contributed by atoms with Gasteiger partial charge in [-0.2, -0.15) is 12.1 Å². The van der Waals surface area contributed by atoms with E-state index in [1.54, 1.807) is 0 Å². The van der Waals surface area contributed by atoms with Crippen LogP contribution in [0.25, 0.3) is 33.0 Å². The summed E-state index contributed by atoms with van der Waals surface area (Å²) in [5.74, 6) is 0. The van der Waals surface area contributed by atoms with Crippen molar-refractivity contribution in [2.75, 3.05) is 0 Å². The Hall–Kier alpha value is -1.86. The Labute approximate surface area is 164 Å². The minimum absolute atomic E-state index is 0. The van der Waals surface area contributed by atoms with Gasteiger partial charge in [-0.25, -0.2) is 0 Å². The minimum atomic E-state index is 0. The number of hydrogen-bond acceptors (Lipinski definition) is 0. The Morgan fingerprint density at radius 2 is 1.17 bits per heavy atom. The molecular weight excluding hydrogens is 455 g/mol. The van der Waals surface area contributed by atoms with Crippen molar-refractivity contribution < 1.29 is 25.8 Å². The molecule has 0 nitrogen and oxygen atoms in total. The summed E-state index contributed by atoms with van der Waals surface area (Å²) in [6, 6.07) is 32.3. The van der Waals surface area contributed by atoms with Gasteiger partial charge in [-0.1, -0.05) is 66.2 Å². The molecule has 0 aliphatic heterocycles. The smallest absolute Gasteiger partial charge is 0 e. The maximum atomic E-state index is 2.21. The predicted octanol–water partition coefficient (Wildman–Crippen LogP) is 6.79. The van der Waals surface area contributed by atoms with Crippen molar-refractivity contribution in [2.45, 2.75) is 0 Å². The van der Waals surface area contributed by atoms with E-state index in [4.69, 9.17) is 0 Å². The largest absolute Gasteiger partial charge is 0.358 e. The summed E-state index contributed by atoms with van der Waals surface area (Å²) < 4.78 is 0. The van der Waals surface area contributed by atoms with Crippen LogP contribution in [0.3, 0.4) is 0 Å². The number of benzene rings is 3. The Kier molecular flexibility index (Phi) is 7.44.